The molecule has 0 unspecified atom stereocenters. The molecule has 0 saturated carbocycles. The monoisotopic (exact) mass is 691 g/mol. The van der Waals surface area contributed by atoms with Crippen LogP contribution in [0.4, 0.5) is 0 Å². The second kappa shape index (κ2) is 12.1. The van der Waals surface area contributed by atoms with E-state index in [0.29, 0.717) is 0 Å². The highest BCUT2D eigenvalue weighted by atomic mass is 32.2. The number of rotatable bonds is 8. The lowest BCUT2D eigenvalue weighted by Crippen LogP contribution is -1.94. The highest BCUT2D eigenvalue weighted by Crippen LogP contribution is 2.54. The first-order valence-corrected chi connectivity index (χ1v) is 19.3. The number of benzene rings is 3. The number of ether oxygens (including phenoxy) is 2. The molecule has 0 aliphatic rings. The van der Waals surface area contributed by atoms with Crippen molar-refractivity contribution in [2.24, 2.45) is 7.05 Å². The molecule has 0 spiro atoms. The van der Waals surface area contributed by atoms with Crippen LogP contribution in [0.25, 0.3) is 73.3 Å². The lowest BCUT2D eigenvalue weighted by Gasteiger charge is -2.08. The van der Waals surface area contributed by atoms with E-state index in [4.69, 9.17) is 9.47 Å². The average molecular weight is 692 g/mol. The van der Waals surface area contributed by atoms with E-state index in [0.717, 1.165) is 32.6 Å². The van der Waals surface area contributed by atoms with Crippen LogP contribution in [0, 0.1) is 0 Å². The van der Waals surface area contributed by atoms with Gasteiger partial charge >= 0.3 is 0 Å². The number of aromatic nitrogens is 1. The van der Waals surface area contributed by atoms with Crippen LogP contribution in [0.5, 0.6) is 11.5 Å². The van der Waals surface area contributed by atoms with Gasteiger partial charge in [0.25, 0.3) is 0 Å². The zero-order valence-corrected chi connectivity index (χ0v) is 29.7. The molecule has 3 nitrogen and oxygen atoms in total. The molecule has 46 heavy (non-hydrogen) atoms. The minimum absolute atomic E-state index is 0.889. The minimum atomic E-state index is 0.889. The summed E-state index contributed by atoms with van der Waals surface area (Å²) in [6.45, 7) is 0. The maximum Gasteiger partial charge on any atom is 0.140 e. The first-order chi connectivity index (χ1) is 22.6. The summed E-state index contributed by atoms with van der Waals surface area (Å²) < 4.78 is 18.0. The molecule has 0 fully saturated rings. The van der Waals surface area contributed by atoms with Gasteiger partial charge in [-0.25, -0.2) is 0 Å². The SMILES string of the molecule is COc1cc(SC)sc1-c1ccc(-c2sc(-c3sc4c(ccc5c(-c6ccccc6)csc54)c3-c3ccccc3)cc2OC)n1C. The van der Waals surface area contributed by atoms with Crippen LogP contribution >= 0.6 is 57.1 Å². The minimum Gasteiger partial charge on any atom is -0.495 e. The summed E-state index contributed by atoms with van der Waals surface area (Å²) in [5, 5.41) is 4.92. The third-order valence-electron chi connectivity index (χ3n) is 8.37. The van der Waals surface area contributed by atoms with E-state index in [9.17, 15) is 0 Å². The molecule has 8 heteroatoms. The van der Waals surface area contributed by atoms with Crippen molar-refractivity contribution in [3.8, 4) is 64.6 Å². The Morgan fingerprint density at radius 3 is 1.93 bits per heavy atom. The quantitative estimate of drug-likeness (QED) is 0.148. The van der Waals surface area contributed by atoms with E-state index in [1.165, 1.54) is 56.4 Å². The number of hydrogen-bond donors (Lipinski definition) is 0. The fourth-order valence-electron chi connectivity index (χ4n) is 6.12. The smallest absolute Gasteiger partial charge is 0.140 e. The molecule has 0 bridgehead atoms. The van der Waals surface area contributed by atoms with Gasteiger partial charge in [0, 0.05) is 46.0 Å². The van der Waals surface area contributed by atoms with E-state index in [-0.39, 0.29) is 0 Å². The molecule has 3 aromatic carbocycles. The zero-order chi connectivity index (χ0) is 31.4. The standard InChI is InChI=1S/C38H29NO2S5/c1-39-27(17-18-28(39)37-30(41-3)20-32(42-4)45-37)36-29(40-2)19-31(44-36)38-33(23-13-9-6-10-14-23)25-16-15-24-26(22-11-7-5-8-12-22)21-43-34(24)35(25)46-38/h5-21H,1-4H3. The average Bonchev–Trinajstić information content (AvgIpc) is 3.93. The lowest BCUT2D eigenvalue weighted by molar-refractivity contribution is 0.417. The number of hydrogen-bond acceptors (Lipinski definition) is 7. The molecule has 0 N–H and O–H groups in total. The Hall–Kier alpha value is -3.79. The molecule has 8 rings (SSSR count). The van der Waals surface area contributed by atoms with E-state index in [1.807, 2.05) is 22.7 Å². The maximum atomic E-state index is 6.06. The molecule has 0 aliphatic carbocycles. The summed E-state index contributed by atoms with van der Waals surface area (Å²) >= 11 is 9.05. The predicted molar refractivity (Wildman–Crippen MR) is 204 cm³/mol. The van der Waals surface area contributed by atoms with Crippen molar-refractivity contribution in [2.45, 2.75) is 4.21 Å². The topological polar surface area (TPSA) is 23.4 Å². The summed E-state index contributed by atoms with van der Waals surface area (Å²) in [7, 11) is 5.65. The van der Waals surface area contributed by atoms with Gasteiger partial charge in [-0.1, -0.05) is 72.8 Å². The van der Waals surface area contributed by atoms with Gasteiger partial charge in [-0.05, 0) is 34.9 Å². The number of thioether (sulfide) groups is 1. The van der Waals surface area contributed by atoms with Crippen LogP contribution in [-0.2, 0) is 7.05 Å². The molecule has 0 atom stereocenters. The Kier molecular flexibility index (Phi) is 7.79. The number of fused-ring (bicyclic) bond motifs is 3. The van der Waals surface area contributed by atoms with Gasteiger partial charge < -0.3 is 14.0 Å². The van der Waals surface area contributed by atoms with Gasteiger partial charge in [-0.3, -0.25) is 0 Å². The van der Waals surface area contributed by atoms with Gasteiger partial charge in [-0.2, -0.15) is 0 Å². The summed E-state index contributed by atoms with van der Waals surface area (Å²) in [4.78, 5) is 4.75. The first-order valence-electron chi connectivity index (χ1n) is 14.7. The fourth-order valence-corrected chi connectivity index (χ4v) is 11.7. The largest absolute Gasteiger partial charge is 0.495 e. The molecule has 5 aromatic heterocycles. The molecular formula is C38H29NO2S5. The van der Waals surface area contributed by atoms with Gasteiger partial charge in [0.2, 0.25) is 0 Å². The van der Waals surface area contributed by atoms with Gasteiger partial charge in [0.1, 0.15) is 11.5 Å². The summed E-state index contributed by atoms with van der Waals surface area (Å²) in [5.74, 6) is 1.80. The lowest BCUT2D eigenvalue weighted by atomic mass is 9.99. The van der Waals surface area contributed by atoms with Crippen LogP contribution in [0.1, 0.15) is 0 Å². The molecular weight excluding hydrogens is 663 g/mol. The van der Waals surface area contributed by atoms with E-state index in [2.05, 4.69) is 120 Å². The van der Waals surface area contributed by atoms with E-state index >= 15 is 0 Å². The Morgan fingerprint density at radius 2 is 1.26 bits per heavy atom. The summed E-state index contributed by atoms with van der Waals surface area (Å²) in [6.07, 6.45) is 2.10. The predicted octanol–water partition coefficient (Wildman–Crippen LogP) is 12.7. The normalized spacial score (nSPS) is 11.6. The van der Waals surface area contributed by atoms with Crippen molar-refractivity contribution in [2.75, 3.05) is 20.5 Å². The highest BCUT2D eigenvalue weighted by molar-refractivity contribution is 8.00. The third-order valence-corrected chi connectivity index (χ3v) is 14.3. The van der Waals surface area contributed by atoms with Crippen LogP contribution < -0.4 is 9.47 Å². The molecule has 0 aliphatic heterocycles. The van der Waals surface area contributed by atoms with E-state index < -0.39 is 0 Å². The second-order valence-corrected chi connectivity index (χ2v) is 16.0. The van der Waals surface area contributed by atoms with Gasteiger partial charge in [0.15, 0.2) is 0 Å². The van der Waals surface area contributed by atoms with E-state index in [1.54, 1.807) is 48.7 Å². The fraction of sp³-hybridized carbons (Fsp3) is 0.105. The second-order valence-electron chi connectivity index (χ2n) is 10.8. The molecule has 0 radical (unpaired) electrons. The first kappa shape index (κ1) is 29.6. The molecule has 0 amide bonds. The molecule has 228 valence electrons. The number of methoxy groups -OCH3 is 2. The third kappa shape index (κ3) is 4.82. The number of nitrogens with zero attached hydrogens (tertiary/aromatic N) is 1. The Labute approximate surface area is 288 Å². The van der Waals surface area contributed by atoms with Crippen molar-refractivity contribution in [3.63, 3.8) is 0 Å². The Balaban J connectivity index is 1.31. The molecule has 5 heterocycles. The summed E-state index contributed by atoms with van der Waals surface area (Å²) in [6, 6.07) is 34.9. The van der Waals surface area contributed by atoms with Crippen molar-refractivity contribution in [3.05, 3.63) is 102 Å². The van der Waals surface area contributed by atoms with Crippen LogP contribution in [0.15, 0.2) is 107 Å². The summed E-state index contributed by atoms with van der Waals surface area (Å²) in [5.41, 5.74) is 7.33. The van der Waals surface area contributed by atoms with Crippen molar-refractivity contribution in [1.82, 2.24) is 4.57 Å². The molecule has 8 aromatic rings. The van der Waals surface area contributed by atoms with Crippen LogP contribution in [0.2, 0.25) is 0 Å². The Bertz CT molecular complexity index is 2340. The van der Waals surface area contributed by atoms with Crippen molar-refractivity contribution < 1.29 is 9.47 Å². The van der Waals surface area contributed by atoms with Crippen molar-refractivity contribution in [1.29, 1.82) is 0 Å². The van der Waals surface area contributed by atoms with Gasteiger partial charge in [0.05, 0.1) is 53.8 Å². The maximum absolute atomic E-state index is 6.06. The van der Waals surface area contributed by atoms with Gasteiger partial charge in [-0.15, -0.1) is 57.1 Å². The van der Waals surface area contributed by atoms with Crippen molar-refractivity contribution >= 4 is 77.3 Å². The Morgan fingerprint density at radius 1 is 0.630 bits per heavy atom. The highest BCUT2D eigenvalue weighted by Gasteiger charge is 2.24. The van der Waals surface area contributed by atoms with Crippen LogP contribution in [-0.4, -0.2) is 25.0 Å². The zero-order valence-electron chi connectivity index (χ0n) is 25.6. The molecule has 0 saturated heterocycles. The van der Waals surface area contributed by atoms with Crippen LogP contribution in [0.3, 0.4) is 0 Å². The number of thiophene rings is 4.